The maximum Gasteiger partial charge on any atom is 0.306 e. The van der Waals surface area contributed by atoms with Crippen LogP contribution in [0.4, 0.5) is 0 Å². The van der Waals surface area contributed by atoms with Crippen molar-refractivity contribution in [1.82, 2.24) is 4.90 Å². The van der Waals surface area contributed by atoms with Crippen molar-refractivity contribution in [3.63, 3.8) is 0 Å². The number of ether oxygens (including phenoxy) is 1. The second-order valence-corrected chi connectivity index (χ2v) is 6.34. The number of hydrogen-bond donors (Lipinski definition) is 1. The molecule has 1 aliphatic heterocycles. The first-order valence-electron chi connectivity index (χ1n) is 7.81. The van der Waals surface area contributed by atoms with Gasteiger partial charge in [-0.2, -0.15) is 0 Å². The second-order valence-electron chi connectivity index (χ2n) is 6.34. The van der Waals surface area contributed by atoms with E-state index in [1.54, 1.807) is 0 Å². The molecule has 0 bridgehead atoms. The minimum atomic E-state index is -0.752. The molecular formula is C15H23NO4. The van der Waals surface area contributed by atoms with Gasteiger partial charge in [0.25, 0.3) is 0 Å². The topological polar surface area (TPSA) is 66.8 Å². The molecule has 2 saturated carbocycles. The molecule has 0 aromatic heterocycles. The maximum atomic E-state index is 12.7. The largest absolute Gasteiger partial charge is 0.481 e. The van der Waals surface area contributed by atoms with Crippen molar-refractivity contribution in [2.24, 2.45) is 11.8 Å². The highest BCUT2D eigenvalue weighted by Gasteiger charge is 2.41. The van der Waals surface area contributed by atoms with Gasteiger partial charge in [0.15, 0.2) is 0 Å². The molecule has 3 fully saturated rings. The minimum Gasteiger partial charge on any atom is -0.481 e. The monoisotopic (exact) mass is 281 g/mol. The lowest BCUT2D eigenvalue weighted by Gasteiger charge is -2.44. The first-order valence-corrected chi connectivity index (χ1v) is 7.81. The molecule has 3 aliphatic rings. The Balaban J connectivity index is 1.65. The predicted octanol–water partition coefficient (Wildman–Crippen LogP) is 1.66. The summed E-state index contributed by atoms with van der Waals surface area (Å²) < 4.78 is 5.80. The summed E-state index contributed by atoms with van der Waals surface area (Å²) in [5, 5.41) is 9.07. The molecule has 0 aromatic rings. The fourth-order valence-corrected chi connectivity index (χ4v) is 4.03. The molecule has 1 heterocycles. The number of nitrogens with zero attached hydrogens (tertiary/aromatic N) is 1. The zero-order valence-electron chi connectivity index (χ0n) is 11.8. The van der Waals surface area contributed by atoms with E-state index in [-0.39, 0.29) is 29.9 Å². The van der Waals surface area contributed by atoms with Crippen molar-refractivity contribution in [1.29, 1.82) is 0 Å². The van der Waals surface area contributed by atoms with Crippen molar-refractivity contribution >= 4 is 11.9 Å². The average molecular weight is 281 g/mol. The number of morpholine rings is 1. The first kappa shape index (κ1) is 13.9. The Morgan fingerprint density at radius 3 is 2.55 bits per heavy atom. The van der Waals surface area contributed by atoms with Gasteiger partial charge in [-0.1, -0.05) is 12.8 Å². The first-order chi connectivity index (χ1) is 9.66. The van der Waals surface area contributed by atoms with E-state index in [1.807, 2.05) is 4.90 Å². The summed E-state index contributed by atoms with van der Waals surface area (Å²) in [6.07, 6.45) is 6.53. The van der Waals surface area contributed by atoms with Gasteiger partial charge >= 0.3 is 5.97 Å². The van der Waals surface area contributed by atoms with Crippen LogP contribution in [0.25, 0.3) is 0 Å². The lowest BCUT2D eigenvalue weighted by molar-refractivity contribution is -0.153. The third-order valence-corrected chi connectivity index (χ3v) is 5.15. The van der Waals surface area contributed by atoms with Crippen molar-refractivity contribution in [2.45, 2.75) is 57.1 Å². The highest BCUT2D eigenvalue weighted by Crippen LogP contribution is 2.35. The number of aliphatic carboxylic acids is 1. The van der Waals surface area contributed by atoms with Gasteiger partial charge in [0, 0.05) is 12.5 Å². The smallest absolute Gasteiger partial charge is 0.306 e. The number of hydrogen-bond acceptors (Lipinski definition) is 3. The molecule has 1 amide bonds. The van der Waals surface area contributed by atoms with Gasteiger partial charge in [0.1, 0.15) is 0 Å². The Hall–Kier alpha value is -1.10. The fraction of sp³-hybridized carbons (Fsp3) is 0.867. The molecule has 1 N–H and O–H groups in total. The molecule has 5 nitrogen and oxygen atoms in total. The standard InChI is InChI=1S/C15H23NO4/c17-14(10-5-6-11(9-10)15(18)19)16-7-8-20-13-4-2-1-3-12(13)16/h10-13H,1-9H2,(H,18,19)/t10-,11+,12?,13?/m0/s1. The quantitative estimate of drug-likeness (QED) is 0.836. The summed E-state index contributed by atoms with van der Waals surface area (Å²) in [6, 6.07) is 0.230. The van der Waals surface area contributed by atoms with Crippen LogP contribution in [-0.2, 0) is 14.3 Å². The van der Waals surface area contributed by atoms with Crippen LogP contribution < -0.4 is 0 Å². The van der Waals surface area contributed by atoms with Gasteiger partial charge in [0.05, 0.1) is 24.7 Å². The zero-order chi connectivity index (χ0) is 14.1. The van der Waals surface area contributed by atoms with Gasteiger partial charge in [0.2, 0.25) is 5.91 Å². The van der Waals surface area contributed by atoms with Crippen LogP contribution in [0.5, 0.6) is 0 Å². The molecule has 0 spiro atoms. The summed E-state index contributed by atoms with van der Waals surface area (Å²) in [4.78, 5) is 25.7. The fourth-order valence-electron chi connectivity index (χ4n) is 4.03. The Morgan fingerprint density at radius 1 is 1.05 bits per heavy atom. The Labute approximate surface area is 119 Å². The predicted molar refractivity (Wildman–Crippen MR) is 72.2 cm³/mol. The van der Waals surface area contributed by atoms with E-state index in [0.717, 1.165) is 25.7 Å². The van der Waals surface area contributed by atoms with E-state index in [2.05, 4.69) is 0 Å². The molecule has 3 rings (SSSR count). The van der Waals surface area contributed by atoms with Crippen molar-refractivity contribution in [3.8, 4) is 0 Å². The van der Waals surface area contributed by atoms with Gasteiger partial charge < -0.3 is 14.7 Å². The third-order valence-electron chi connectivity index (χ3n) is 5.15. The molecule has 0 radical (unpaired) electrons. The van der Waals surface area contributed by atoms with Gasteiger partial charge in [-0.25, -0.2) is 0 Å². The van der Waals surface area contributed by atoms with Crippen molar-refractivity contribution in [2.75, 3.05) is 13.2 Å². The van der Waals surface area contributed by atoms with Crippen LogP contribution in [0.15, 0.2) is 0 Å². The minimum absolute atomic E-state index is 0.0863. The summed E-state index contributed by atoms with van der Waals surface area (Å²) in [6.45, 7) is 1.30. The third kappa shape index (κ3) is 2.55. The van der Waals surface area contributed by atoms with Crippen LogP contribution in [-0.4, -0.2) is 47.2 Å². The number of rotatable bonds is 2. The molecule has 0 aromatic carbocycles. The molecular weight excluding hydrogens is 258 g/mol. The number of carbonyl (C=O) groups excluding carboxylic acids is 1. The summed E-state index contributed by atoms with van der Waals surface area (Å²) >= 11 is 0. The lowest BCUT2D eigenvalue weighted by atomic mass is 9.89. The van der Waals surface area contributed by atoms with Crippen LogP contribution >= 0.6 is 0 Å². The van der Waals surface area contributed by atoms with Crippen LogP contribution in [0, 0.1) is 11.8 Å². The van der Waals surface area contributed by atoms with Gasteiger partial charge in [-0.15, -0.1) is 0 Å². The molecule has 20 heavy (non-hydrogen) atoms. The van der Waals surface area contributed by atoms with E-state index in [0.29, 0.717) is 26.0 Å². The number of carboxylic acids is 1. The molecule has 2 unspecified atom stereocenters. The van der Waals surface area contributed by atoms with Crippen LogP contribution in [0.2, 0.25) is 0 Å². The summed E-state index contributed by atoms with van der Waals surface area (Å²) in [5.41, 5.74) is 0. The van der Waals surface area contributed by atoms with E-state index >= 15 is 0 Å². The Morgan fingerprint density at radius 2 is 1.80 bits per heavy atom. The molecule has 2 aliphatic carbocycles. The molecule has 5 heteroatoms. The highest BCUT2D eigenvalue weighted by atomic mass is 16.5. The van der Waals surface area contributed by atoms with E-state index in [1.165, 1.54) is 6.42 Å². The van der Waals surface area contributed by atoms with Crippen LogP contribution in [0.3, 0.4) is 0 Å². The number of amides is 1. The SMILES string of the molecule is O=C(O)[C@@H]1CC[C@H](C(=O)N2CCOC3CCCCC32)C1. The molecule has 1 saturated heterocycles. The van der Waals surface area contributed by atoms with Gasteiger partial charge in [-0.05, 0) is 32.1 Å². The molecule has 4 atom stereocenters. The Kier molecular flexibility index (Phi) is 3.96. The number of carbonyl (C=O) groups is 2. The van der Waals surface area contributed by atoms with E-state index < -0.39 is 5.97 Å². The lowest BCUT2D eigenvalue weighted by Crippen LogP contribution is -2.56. The number of carboxylic acid groups (broad SMARTS) is 1. The Bertz CT molecular complexity index is 395. The number of fused-ring (bicyclic) bond motifs is 1. The normalized spacial score (nSPS) is 37.5. The van der Waals surface area contributed by atoms with Crippen LogP contribution in [0.1, 0.15) is 44.9 Å². The van der Waals surface area contributed by atoms with E-state index in [9.17, 15) is 9.59 Å². The van der Waals surface area contributed by atoms with Gasteiger partial charge in [-0.3, -0.25) is 9.59 Å². The van der Waals surface area contributed by atoms with E-state index in [4.69, 9.17) is 9.84 Å². The highest BCUT2D eigenvalue weighted by molar-refractivity contribution is 5.81. The second kappa shape index (κ2) is 5.72. The average Bonchev–Trinajstić information content (AvgIpc) is 2.96. The van der Waals surface area contributed by atoms with Crippen molar-refractivity contribution < 1.29 is 19.4 Å². The summed E-state index contributed by atoms with van der Waals surface area (Å²) in [7, 11) is 0. The summed E-state index contributed by atoms with van der Waals surface area (Å²) in [5.74, 6) is -0.990. The van der Waals surface area contributed by atoms with Crippen molar-refractivity contribution in [3.05, 3.63) is 0 Å². The molecule has 112 valence electrons. The zero-order valence-corrected chi connectivity index (χ0v) is 11.8. The maximum absolute atomic E-state index is 12.7.